The van der Waals surface area contributed by atoms with Crippen LogP contribution in [0.25, 0.3) is 11.4 Å². The maximum absolute atomic E-state index is 13.3. The van der Waals surface area contributed by atoms with Gasteiger partial charge in [0.25, 0.3) is 0 Å². The summed E-state index contributed by atoms with van der Waals surface area (Å²) in [7, 11) is 0. The van der Waals surface area contributed by atoms with E-state index in [0.29, 0.717) is 6.07 Å². The van der Waals surface area contributed by atoms with E-state index in [0.717, 1.165) is 6.07 Å². The highest BCUT2D eigenvalue weighted by molar-refractivity contribution is 5.61. The van der Waals surface area contributed by atoms with Crippen LogP contribution in [0.1, 0.15) is 0 Å². The first-order chi connectivity index (χ1) is 7.08. The molecule has 78 valence electrons. The first-order valence-electron chi connectivity index (χ1n) is 3.97. The van der Waals surface area contributed by atoms with Crippen LogP contribution < -0.4 is 11.4 Å². The van der Waals surface area contributed by atoms with E-state index in [1.165, 1.54) is 0 Å². The van der Waals surface area contributed by atoms with Gasteiger partial charge in [0.2, 0.25) is 0 Å². The second-order valence-electron chi connectivity index (χ2n) is 2.88. The van der Waals surface area contributed by atoms with Crippen LogP contribution in [0.4, 0.5) is 14.5 Å². The summed E-state index contributed by atoms with van der Waals surface area (Å²) in [5.74, 6) is -1.72. The van der Waals surface area contributed by atoms with Crippen molar-refractivity contribution in [2.45, 2.75) is 0 Å². The highest BCUT2D eigenvalue weighted by Gasteiger charge is 2.12. The molecule has 0 aliphatic rings. The van der Waals surface area contributed by atoms with Crippen molar-refractivity contribution in [3.63, 3.8) is 0 Å². The normalized spacial score (nSPS) is 10.5. The van der Waals surface area contributed by atoms with Crippen molar-refractivity contribution in [3.05, 3.63) is 34.3 Å². The lowest BCUT2D eigenvalue weighted by Gasteiger charge is -2.01. The van der Waals surface area contributed by atoms with Gasteiger partial charge in [0.15, 0.2) is 5.82 Å². The molecule has 0 radical (unpaired) electrons. The van der Waals surface area contributed by atoms with Gasteiger partial charge in [0.1, 0.15) is 11.6 Å². The summed E-state index contributed by atoms with van der Waals surface area (Å²) >= 11 is 0. The van der Waals surface area contributed by atoms with Gasteiger partial charge in [-0.15, -0.1) is 0 Å². The smallest absolute Gasteiger partial charge is 0.340 e. The summed E-state index contributed by atoms with van der Waals surface area (Å²) in [6.45, 7) is 0. The Morgan fingerprint density at radius 1 is 1.27 bits per heavy atom. The van der Waals surface area contributed by atoms with E-state index < -0.39 is 17.3 Å². The Labute approximate surface area is 81.9 Å². The van der Waals surface area contributed by atoms with E-state index in [1.807, 2.05) is 0 Å². The number of nitrogens with one attached hydrogen (secondary N) is 2. The minimum absolute atomic E-state index is 0.0239. The lowest BCUT2D eigenvalue weighted by Crippen LogP contribution is -2.01. The molecule has 0 saturated carbocycles. The fourth-order valence-electron chi connectivity index (χ4n) is 1.14. The average Bonchev–Trinajstić information content (AvgIpc) is 2.58. The Morgan fingerprint density at radius 3 is 2.60 bits per heavy atom. The molecular weight excluding hydrogens is 206 g/mol. The van der Waals surface area contributed by atoms with Crippen molar-refractivity contribution in [2.75, 3.05) is 5.73 Å². The minimum Gasteiger partial charge on any atom is -0.396 e. The highest BCUT2D eigenvalue weighted by atomic mass is 19.1. The summed E-state index contributed by atoms with van der Waals surface area (Å²) in [5.41, 5.74) is 4.41. The Morgan fingerprint density at radius 2 is 2.00 bits per heavy atom. The molecule has 5 nitrogen and oxygen atoms in total. The maximum Gasteiger partial charge on any atom is 0.340 e. The monoisotopic (exact) mass is 212 g/mol. The zero-order valence-corrected chi connectivity index (χ0v) is 7.34. The Kier molecular flexibility index (Phi) is 2.00. The van der Waals surface area contributed by atoms with Gasteiger partial charge in [-0.05, 0) is 6.07 Å². The van der Waals surface area contributed by atoms with Gasteiger partial charge in [-0.25, -0.2) is 18.7 Å². The van der Waals surface area contributed by atoms with Crippen LogP contribution in [0.3, 0.4) is 0 Å². The molecule has 0 bridgehead atoms. The predicted molar refractivity (Wildman–Crippen MR) is 49.0 cm³/mol. The van der Waals surface area contributed by atoms with Crippen molar-refractivity contribution in [1.82, 2.24) is 15.2 Å². The molecular formula is C8H6F2N4O. The number of nitrogens with zero attached hydrogens (tertiary/aromatic N) is 1. The molecule has 0 spiro atoms. The number of H-pyrrole nitrogens is 2. The number of nitrogens with two attached hydrogens (primary N) is 1. The maximum atomic E-state index is 13.3. The molecule has 2 rings (SSSR count). The van der Waals surface area contributed by atoms with Gasteiger partial charge in [-0.1, -0.05) is 0 Å². The van der Waals surface area contributed by atoms with E-state index in [2.05, 4.69) is 15.2 Å². The minimum atomic E-state index is -0.853. The van der Waals surface area contributed by atoms with Gasteiger partial charge in [0, 0.05) is 6.07 Å². The zero-order chi connectivity index (χ0) is 11.0. The van der Waals surface area contributed by atoms with E-state index in [9.17, 15) is 13.6 Å². The van der Waals surface area contributed by atoms with Crippen LogP contribution in [0.2, 0.25) is 0 Å². The number of benzene rings is 1. The second kappa shape index (κ2) is 3.19. The molecule has 0 amide bonds. The quantitative estimate of drug-likeness (QED) is 0.605. The Bertz CT molecular complexity index is 560. The van der Waals surface area contributed by atoms with E-state index in [-0.39, 0.29) is 17.1 Å². The third kappa shape index (κ3) is 1.58. The van der Waals surface area contributed by atoms with Crippen molar-refractivity contribution < 1.29 is 8.78 Å². The first kappa shape index (κ1) is 9.38. The Hall–Kier alpha value is -2.18. The van der Waals surface area contributed by atoms with Gasteiger partial charge in [-0.3, -0.25) is 4.98 Å². The number of aromatic amines is 2. The summed E-state index contributed by atoms with van der Waals surface area (Å²) in [5, 5.41) is 5.57. The highest BCUT2D eigenvalue weighted by Crippen LogP contribution is 2.23. The largest absolute Gasteiger partial charge is 0.396 e. The number of hydrogen-bond acceptors (Lipinski definition) is 3. The van der Waals surface area contributed by atoms with E-state index in [4.69, 9.17) is 5.73 Å². The van der Waals surface area contributed by atoms with Crippen LogP contribution >= 0.6 is 0 Å². The summed E-state index contributed by atoms with van der Waals surface area (Å²) in [6.07, 6.45) is 0. The SMILES string of the molecule is Nc1cc(-c2n[nH]c(=O)[nH]2)c(F)cc1F. The summed E-state index contributed by atoms with van der Waals surface area (Å²) < 4.78 is 26.1. The van der Waals surface area contributed by atoms with Crippen molar-refractivity contribution in [1.29, 1.82) is 0 Å². The molecule has 0 aliphatic carbocycles. The van der Waals surface area contributed by atoms with E-state index in [1.54, 1.807) is 0 Å². The summed E-state index contributed by atoms with van der Waals surface area (Å²) in [6, 6.07) is 1.70. The van der Waals surface area contributed by atoms with Crippen molar-refractivity contribution in [2.24, 2.45) is 0 Å². The van der Waals surface area contributed by atoms with Crippen LogP contribution in [0.15, 0.2) is 16.9 Å². The van der Waals surface area contributed by atoms with Crippen LogP contribution in [0, 0.1) is 11.6 Å². The average molecular weight is 212 g/mol. The molecule has 1 aromatic heterocycles. The third-order valence-corrected chi connectivity index (χ3v) is 1.84. The molecule has 0 fully saturated rings. The fraction of sp³-hybridized carbons (Fsp3) is 0. The Balaban J connectivity index is 2.63. The van der Waals surface area contributed by atoms with Gasteiger partial charge >= 0.3 is 5.69 Å². The third-order valence-electron chi connectivity index (χ3n) is 1.84. The van der Waals surface area contributed by atoms with E-state index >= 15 is 0 Å². The van der Waals surface area contributed by atoms with Gasteiger partial charge < -0.3 is 5.73 Å². The van der Waals surface area contributed by atoms with Gasteiger partial charge in [-0.2, -0.15) is 5.10 Å². The number of hydrogen-bond donors (Lipinski definition) is 3. The van der Waals surface area contributed by atoms with Crippen LogP contribution in [-0.4, -0.2) is 15.2 Å². The van der Waals surface area contributed by atoms with Crippen LogP contribution in [0.5, 0.6) is 0 Å². The molecule has 0 saturated heterocycles. The topological polar surface area (TPSA) is 87.6 Å². The lowest BCUT2D eigenvalue weighted by molar-refractivity contribution is 0.588. The van der Waals surface area contributed by atoms with Crippen molar-refractivity contribution in [3.8, 4) is 11.4 Å². The fourth-order valence-corrected chi connectivity index (χ4v) is 1.14. The molecule has 1 aromatic carbocycles. The standard InChI is InChI=1S/C8H6F2N4O/c9-4-2-5(10)6(11)1-3(4)7-12-8(15)14-13-7/h1-2H,11H2,(H2,12,13,14,15). The number of rotatable bonds is 1. The second-order valence-corrected chi connectivity index (χ2v) is 2.88. The molecule has 15 heavy (non-hydrogen) atoms. The number of anilines is 1. The molecule has 4 N–H and O–H groups in total. The molecule has 1 heterocycles. The van der Waals surface area contributed by atoms with Crippen LogP contribution in [-0.2, 0) is 0 Å². The lowest BCUT2D eigenvalue weighted by atomic mass is 10.1. The molecule has 0 aliphatic heterocycles. The molecule has 7 heteroatoms. The molecule has 0 unspecified atom stereocenters. The molecule has 2 aromatic rings. The number of aromatic nitrogens is 3. The number of nitrogen functional groups attached to an aromatic ring is 1. The van der Waals surface area contributed by atoms with Crippen molar-refractivity contribution >= 4 is 5.69 Å². The summed E-state index contributed by atoms with van der Waals surface area (Å²) in [4.78, 5) is 13.0. The first-order valence-corrected chi connectivity index (χ1v) is 3.97. The number of halogens is 2. The predicted octanol–water partition coefficient (Wildman–Crippen LogP) is 0.625. The molecule has 0 atom stereocenters. The zero-order valence-electron chi connectivity index (χ0n) is 7.34. The van der Waals surface area contributed by atoms with Gasteiger partial charge in [0.05, 0.1) is 11.3 Å².